The Morgan fingerprint density at radius 2 is 2.47 bits per heavy atom. The van der Waals surface area contributed by atoms with Crippen molar-refractivity contribution in [3.05, 3.63) is 21.9 Å². The molecule has 0 amide bonds. The molecule has 0 bridgehead atoms. The third kappa shape index (κ3) is 2.43. The van der Waals surface area contributed by atoms with Gasteiger partial charge < -0.3 is 5.32 Å². The lowest BCUT2D eigenvalue weighted by Gasteiger charge is -2.29. The predicted molar refractivity (Wildman–Crippen MR) is 67.8 cm³/mol. The van der Waals surface area contributed by atoms with Gasteiger partial charge in [0, 0.05) is 16.8 Å². The molecule has 0 aliphatic heterocycles. The van der Waals surface area contributed by atoms with Crippen molar-refractivity contribution in [1.29, 1.82) is 0 Å². The van der Waals surface area contributed by atoms with Gasteiger partial charge in [0.2, 0.25) is 0 Å². The first-order valence-corrected chi connectivity index (χ1v) is 7.00. The van der Waals surface area contributed by atoms with Gasteiger partial charge in [-0.15, -0.1) is 11.3 Å². The molecule has 2 heteroatoms. The molecule has 1 N–H and O–H groups in total. The lowest BCUT2D eigenvalue weighted by molar-refractivity contribution is 0.417. The van der Waals surface area contributed by atoms with Gasteiger partial charge in [-0.2, -0.15) is 0 Å². The highest BCUT2D eigenvalue weighted by molar-refractivity contribution is 7.10. The van der Waals surface area contributed by atoms with Crippen LogP contribution in [-0.4, -0.2) is 12.6 Å². The molecular weight excluding hydrogens is 202 g/mol. The molecule has 0 fully saturated rings. The Kier molecular flexibility index (Phi) is 3.81. The fourth-order valence-corrected chi connectivity index (χ4v) is 3.55. The second-order valence-corrected chi connectivity index (χ2v) is 5.54. The van der Waals surface area contributed by atoms with Crippen LogP contribution < -0.4 is 5.32 Å². The molecule has 1 aliphatic carbocycles. The Morgan fingerprint density at radius 3 is 3.27 bits per heavy atom. The molecule has 1 aromatic rings. The van der Waals surface area contributed by atoms with Gasteiger partial charge >= 0.3 is 0 Å². The van der Waals surface area contributed by atoms with Gasteiger partial charge in [0.05, 0.1) is 0 Å². The van der Waals surface area contributed by atoms with E-state index in [2.05, 4.69) is 30.6 Å². The summed E-state index contributed by atoms with van der Waals surface area (Å²) in [4.78, 5) is 1.64. The highest BCUT2D eigenvalue weighted by Gasteiger charge is 2.25. The summed E-state index contributed by atoms with van der Waals surface area (Å²) >= 11 is 1.94. The van der Waals surface area contributed by atoms with E-state index in [0.29, 0.717) is 6.04 Å². The molecule has 2 unspecified atom stereocenters. The maximum atomic E-state index is 3.64. The summed E-state index contributed by atoms with van der Waals surface area (Å²) in [6.45, 7) is 5.72. The van der Waals surface area contributed by atoms with Crippen LogP contribution >= 0.6 is 11.3 Å². The zero-order valence-corrected chi connectivity index (χ0v) is 10.6. The molecular formula is C13H21NS. The number of hydrogen-bond donors (Lipinski definition) is 1. The quantitative estimate of drug-likeness (QED) is 0.823. The fraction of sp³-hybridized carbons (Fsp3) is 0.692. The van der Waals surface area contributed by atoms with Crippen LogP contribution in [0.3, 0.4) is 0 Å². The zero-order valence-electron chi connectivity index (χ0n) is 9.75. The van der Waals surface area contributed by atoms with E-state index in [9.17, 15) is 0 Å². The Labute approximate surface area is 96.9 Å². The van der Waals surface area contributed by atoms with E-state index in [0.717, 1.165) is 12.5 Å². The minimum Gasteiger partial charge on any atom is -0.314 e. The van der Waals surface area contributed by atoms with Gasteiger partial charge in [0.15, 0.2) is 0 Å². The fourth-order valence-electron chi connectivity index (χ4n) is 2.56. The molecule has 1 aliphatic rings. The molecule has 0 saturated carbocycles. The minimum absolute atomic E-state index is 0.638. The Hall–Kier alpha value is -0.340. The van der Waals surface area contributed by atoms with E-state index in [4.69, 9.17) is 0 Å². The van der Waals surface area contributed by atoms with Crippen LogP contribution in [0, 0.1) is 0 Å². The van der Waals surface area contributed by atoms with E-state index in [1.54, 1.807) is 10.4 Å². The molecule has 0 spiro atoms. The van der Waals surface area contributed by atoms with Crippen LogP contribution in [0.5, 0.6) is 0 Å². The van der Waals surface area contributed by atoms with Crippen molar-refractivity contribution < 1.29 is 0 Å². The zero-order chi connectivity index (χ0) is 10.7. The Bertz CT molecular complexity index is 305. The van der Waals surface area contributed by atoms with Crippen LogP contribution in [0.25, 0.3) is 0 Å². The van der Waals surface area contributed by atoms with Gasteiger partial charge in [0.1, 0.15) is 0 Å². The molecule has 1 aromatic heterocycles. The largest absolute Gasteiger partial charge is 0.314 e. The molecule has 15 heavy (non-hydrogen) atoms. The molecule has 84 valence electrons. The lowest BCUT2D eigenvalue weighted by Crippen LogP contribution is -2.34. The molecule has 1 heterocycles. The molecule has 2 atom stereocenters. The molecule has 0 saturated heterocycles. The first kappa shape index (κ1) is 11.2. The Balaban J connectivity index is 2.05. The van der Waals surface area contributed by atoms with E-state index >= 15 is 0 Å². The van der Waals surface area contributed by atoms with Gasteiger partial charge in [-0.25, -0.2) is 0 Å². The van der Waals surface area contributed by atoms with Crippen molar-refractivity contribution in [2.45, 2.75) is 51.5 Å². The summed E-state index contributed by atoms with van der Waals surface area (Å²) in [7, 11) is 0. The van der Waals surface area contributed by atoms with Crippen LogP contribution in [0.15, 0.2) is 11.4 Å². The highest BCUT2D eigenvalue weighted by atomic mass is 32.1. The summed E-state index contributed by atoms with van der Waals surface area (Å²) in [6.07, 6.45) is 5.27. The van der Waals surface area contributed by atoms with Crippen LogP contribution in [-0.2, 0) is 6.42 Å². The van der Waals surface area contributed by atoms with Crippen LogP contribution in [0.2, 0.25) is 0 Å². The monoisotopic (exact) mass is 223 g/mol. The van der Waals surface area contributed by atoms with E-state index in [1.165, 1.54) is 25.7 Å². The van der Waals surface area contributed by atoms with Gasteiger partial charge in [0.25, 0.3) is 0 Å². The number of nitrogens with one attached hydrogen (secondary N) is 1. The van der Waals surface area contributed by atoms with E-state index < -0.39 is 0 Å². The van der Waals surface area contributed by atoms with E-state index in [1.807, 2.05) is 11.3 Å². The van der Waals surface area contributed by atoms with Gasteiger partial charge in [-0.3, -0.25) is 0 Å². The average Bonchev–Trinajstić information content (AvgIpc) is 2.73. The first-order valence-electron chi connectivity index (χ1n) is 6.12. The topological polar surface area (TPSA) is 12.0 Å². The smallest absolute Gasteiger partial charge is 0.0108 e. The van der Waals surface area contributed by atoms with Crippen molar-refractivity contribution in [1.82, 2.24) is 5.32 Å². The summed E-state index contributed by atoms with van der Waals surface area (Å²) in [6, 6.07) is 2.98. The second-order valence-electron chi connectivity index (χ2n) is 4.54. The highest BCUT2D eigenvalue weighted by Crippen LogP contribution is 2.36. The summed E-state index contributed by atoms with van der Waals surface area (Å²) in [5.41, 5.74) is 1.63. The predicted octanol–water partition coefficient (Wildman–Crippen LogP) is 3.56. The normalized spacial score (nSPS) is 22.4. The second kappa shape index (κ2) is 5.13. The molecule has 0 radical (unpaired) electrons. The van der Waals surface area contributed by atoms with Crippen LogP contribution in [0.4, 0.5) is 0 Å². The average molecular weight is 223 g/mol. The van der Waals surface area contributed by atoms with Crippen molar-refractivity contribution in [2.75, 3.05) is 6.54 Å². The van der Waals surface area contributed by atoms with Crippen molar-refractivity contribution in [3.63, 3.8) is 0 Å². The van der Waals surface area contributed by atoms with Crippen molar-refractivity contribution in [3.8, 4) is 0 Å². The van der Waals surface area contributed by atoms with Gasteiger partial charge in [-0.1, -0.05) is 6.92 Å². The summed E-state index contributed by atoms with van der Waals surface area (Å²) in [5.74, 6) is 0.756. The molecule has 1 nitrogen and oxygen atoms in total. The van der Waals surface area contributed by atoms with E-state index in [-0.39, 0.29) is 0 Å². The number of hydrogen-bond acceptors (Lipinski definition) is 2. The number of aryl methyl sites for hydroxylation is 1. The molecule has 2 rings (SSSR count). The SMILES string of the molecule is CCCNC(C)C1CCCc2sccc21. The number of rotatable bonds is 4. The summed E-state index contributed by atoms with van der Waals surface area (Å²) in [5, 5.41) is 5.90. The Morgan fingerprint density at radius 1 is 1.60 bits per heavy atom. The third-order valence-electron chi connectivity index (χ3n) is 3.42. The number of fused-ring (bicyclic) bond motifs is 1. The number of thiophene rings is 1. The standard InChI is InChI=1S/C13H21NS/c1-3-8-14-10(2)11-5-4-6-13-12(11)7-9-15-13/h7,9-11,14H,3-6,8H2,1-2H3. The summed E-state index contributed by atoms with van der Waals surface area (Å²) < 4.78 is 0. The van der Waals surface area contributed by atoms with Gasteiger partial charge in [-0.05, 0) is 56.2 Å². The van der Waals surface area contributed by atoms with Crippen LogP contribution in [0.1, 0.15) is 49.5 Å². The molecule has 0 aromatic carbocycles. The third-order valence-corrected chi connectivity index (χ3v) is 4.41. The minimum atomic E-state index is 0.638. The maximum absolute atomic E-state index is 3.64. The maximum Gasteiger partial charge on any atom is 0.0108 e. The lowest BCUT2D eigenvalue weighted by atomic mass is 9.83. The first-order chi connectivity index (χ1) is 7.33. The van der Waals surface area contributed by atoms with Crippen molar-refractivity contribution >= 4 is 11.3 Å². The van der Waals surface area contributed by atoms with Crippen molar-refractivity contribution in [2.24, 2.45) is 0 Å².